The number of rotatable bonds is 1. The molecule has 17 heavy (non-hydrogen) atoms. The molecule has 2 aromatic heterocycles. The van der Waals surface area contributed by atoms with Gasteiger partial charge in [-0.2, -0.15) is 9.61 Å². The Balaban J connectivity index is 1.99. The number of H-pyrrole nitrogens is 1. The minimum atomic E-state index is -0.297. The quantitative estimate of drug-likeness (QED) is 0.790. The molecule has 0 spiro atoms. The van der Waals surface area contributed by atoms with E-state index < -0.39 is 0 Å². The van der Waals surface area contributed by atoms with Gasteiger partial charge in [-0.25, -0.2) is 9.89 Å². The Kier molecular flexibility index (Phi) is 2.62. The Morgan fingerprint density at radius 2 is 2.35 bits per heavy atom. The van der Waals surface area contributed by atoms with E-state index in [9.17, 15) is 4.79 Å². The van der Waals surface area contributed by atoms with Crippen molar-refractivity contribution in [2.75, 3.05) is 18.0 Å². The summed E-state index contributed by atoms with van der Waals surface area (Å²) >= 11 is 3.63. The van der Waals surface area contributed by atoms with Crippen molar-refractivity contribution in [1.29, 1.82) is 0 Å². The summed E-state index contributed by atoms with van der Waals surface area (Å²) in [6, 6.07) is 3.71. The van der Waals surface area contributed by atoms with Gasteiger partial charge in [0.05, 0.1) is 0 Å². The number of nitrogens with zero attached hydrogens (tertiary/aromatic N) is 4. The lowest BCUT2D eigenvalue weighted by Crippen LogP contribution is -2.36. The highest BCUT2D eigenvalue weighted by Crippen LogP contribution is 2.21. The molecule has 7 heteroatoms. The Morgan fingerprint density at radius 1 is 1.47 bits per heavy atom. The van der Waals surface area contributed by atoms with Crippen LogP contribution in [-0.2, 0) is 0 Å². The Morgan fingerprint density at radius 3 is 3.18 bits per heavy atom. The number of alkyl halides is 1. The fourth-order valence-corrected chi connectivity index (χ4v) is 2.77. The van der Waals surface area contributed by atoms with Crippen LogP contribution in [0.1, 0.15) is 12.8 Å². The van der Waals surface area contributed by atoms with Gasteiger partial charge in [-0.3, -0.25) is 0 Å². The second-order valence-electron chi connectivity index (χ2n) is 4.18. The highest BCUT2D eigenvalue weighted by Gasteiger charge is 2.19. The van der Waals surface area contributed by atoms with Gasteiger partial charge in [0, 0.05) is 17.9 Å². The van der Waals surface area contributed by atoms with Gasteiger partial charge in [0.1, 0.15) is 5.82 Å². The lowest BCUT2D eigenvalue weighted by atomic mass is 10.1. The molecule has 1 N–H and O–H groups in total. The molecule has 1 fully saturated rings. The van der Waals surface area contributed by atoms with Gasteiger partial charge in [0.15, 0.2) is 5.65 Å². The third-order valence-electron chi connectivity index (χ3n) is 2.95. The van der Waals surface area contributed by atoms with Crippen molar-refractivity contribution < 1.29 is 0 Å². The molecule has 3 heterocycles. The van der Waals surface area contributed by atoms with E-state index in [0.29, 0.717) is 10.5 Å². The van der Waals surface area contributed by atoms with E-state index >= 15 is 0 Å². The van der Waals surface area contributed by atoms with Crippen LogP contribution in [0.5, 0.6) is 0 Å². The van der Waals surface area contributed by atoms with Gasteiger partial charge < -0.3 is 4.90 Å². The number of nitrogens with one attached hydrogen (secondary N) is 1. The monoisotopic (exact) mass is 297 g/mol. The summed E-state index contributed by atoms with van der Waals surface area (Å²) in [7, 11) is 0. The van der Waals surface area contributed by atoms with Gasteiger partial charge in [-0.05, 0) is 25.0 Å². The van der Waals surface area contributed by atoms with Crippen LogP contribution in [0.3, 0.4) is 0 Å². The van der Waals surface area contributed by atoms with Crippen molar-refractivity contribution in [1.82, 2.24) is 19.8 Å². The van der Waals surface area contributed by atoms with Gasteiger partial charge in [0.25, 0.3) is 0 Å². The van der Waals surface area contributed by atoms with Crippen LogP contribution in [0.2, 0.25) is 0 Å². The summed E-state index contributed by atoms with van der Waals surface area (Å²) in [6.07, 6.45) is 2.32. The number of aromatic nitrogens is 4. The van der Waals surface area contributed by atoms with E-state index in [4.69, 9.17) is 0 Å². The van der Waals surface area contributed by atoms with E-state index in [1.54, 1.807) is 6.07 Å². The minimum absolute atomic E-state index is 0.297. The first kappa shape index (κ1) is 10.8. The predicted octanol–water partition coefficient (Wildman–Crippen LogP) is 0.781. The largest absolute Gasteiger partial charge is 0.364 e. The van der Waals surface area contributed by atoms with Crippen LogP contribution >= 0.6 is 15.9 Å². The van der Waals surface area contributed by atoms with Crippen LogP contribution in [0.15, 0.2) is 16.9 Å². The second-order valence-corrected chi connectivity index (χ2v) is 5.47. The number of aromatic amines is 1. The zero-order valence-corrected chi connectivity index (χ0v) is 10.7. The average Bonchev–Trinajstić information content (AvgIpc) is 2.71. The maximum atomic E-state index is 11.4. The van der Waals surface area contributed by atoms with Crippen molar-refractivity contribution in [2.45, 2.75) is 17.7 Å². The first-order valence-electron chi connectivity index (χ1n) is 5.57. The summed E-state index contributed by atoms with van der Waals surface area (Å²) in [4.78, 5) is 14.1. The van der Waals surface area contributed by atoms with Gasteiger partial charge >= 0.3 is 5.69 Å². The Bertz CT molecular complexity index is 592. The smallest absolute Gasteiger partial charge is 0.354 e. The molecular formula is C10H12BrN5O. The molecule has 0 aliphatic carbocycles. The van der Waals surface area contributed by atoms with Crippen LogP contribution in [-0.4, -0.2) is 37.7 Å². The van der Waals surface area contributed by atoms with E-state index in [0.717, 1.165) is 25.3 Å². The molecule has 0 radical (unpaired) electrons. The minimum Gasteiger partial charge on any atom is -0.354 e. The van der Waals surface area contributed by atoms with E-state index in [2.05, 4.69) is 36.1 Å². The topological polar surface area (TPSA) is 66.3 Å². The molecule has 1 aliphatic rings. The summed E-state index contributed by atoms with van der Waals surface area (Å²) in [5.74, 6) is 0.824. The molecule has 0 amide bonds. The maximum absolute atomic E-state index is 11.4. The molecular weight excluding hydrogens is 286 g/mol. The van der Waals surface area contributed by atoms with Crippen molar-refractivity contribution in [3.8, 4) is 0 Å². The summed E-state index contributed by atoms with van der Waals surface area (Å²) < 4.78 is 1.30. The van der Waals surface area contributed by atoms with Gasteiger partial charge in [-0.15, -0.1) is 5.10 Å². The van der Waals surface area contributed by atoms with Gasteiger partial charge in [-0.1, -0.05) is 15.9 Å². The molecule has 1 aliphatic heterocycles. The molecule has 2 aromatic rings. The van der Waals surface area contributed by atoms with E-state index in [-0.39, 0.29) is 5.69 Å². The highest BCUT2D eigenvalue weighted by molar-refractivity contribution is 9.09. The summed E-state index contributed by atoms with van der Waals surface area (Å²) in [6.45, 7) is 1.90. The second kappa shape index (κ2) is 4.14. The van der Waals surface area contributed by atoms with Crippen molar-refractivity contribution in [3.05, 3.63) is 22.6 Å². The fourth-order valence-electron chi connectivity index (χ4n) is 2.10. The molecule has 0 aromatic carbocycles. The van der Waals surface area contributed by atoms with Gasteiger partial charge in [0.2, 0.25) is 0 Å². The third kappa shape index (κ3) is 1.95. The first-order chi connectivity index (χ1) is 8.24. The lowest BCUT2D eigenvalue weighted by molar-refractivity contribution is 0.587. The number of piperidine rings is 1. The van der Waals surface area contributed by atoms with Crippen molar-refractivity contribution >= 4 is 27.4 Å². The van der Waals surface area contributed by atoms with Crippen molar-refractivity contribution in [2.24, 2.45) is 0 Å². The van der Waals surface area contributed by atoms with E-state index in [1.807, 2.05) is 6.07 Å². The SMILES string of the molecule is O=c1[nH]nc2ccc(N3CCCC(Br)C3)nn12. The number of hydrogen-bond donors (Lipinski definition) is 1. The lowest BCUT2D eigenvalue weighted by Gasteiger charge is -2.30. The molecule has 3 rings (SSSR count). The Hall–Kier alpha value is -1.37. The van der Waals surface area contributed by atoms with Crippen LogP contribution in [0.4, 0.5) is 5.82 Å². The fraction of sp³-hybridized carbons (Fsp3) is 0.500. The normalized spacial score (nSPS) is 21.0. The molecule has 0 saturated carbocycles. The molecule has 1 saturated heterocycles. The standard InChI is InChI=1S/C10H12BrN5O/c11-7-2-1-5-15(6-7)9-4-3-8-12-13-10(17)16(8)14-9/h3-4,7H,1-2,5-6H2,(H,13,17). The summed E-state index contributed by atoms with van der Waals surface area (Å²) in [5.41, 5.74) is 0.250. The number of fused-ring (bicyclic) bond motifs is 1. The van der Waals surface area contributed by atoms with Crippen LogP contribution in [0.25, 0.3) is 5.65 Å². The Labute approximate surface area is 106 Å². The predicted molar refractivity (Wildman–Crippen MR) is 67.8 cm³/mol. The third-order valence-corrected chi connectivity index (χ3v) is 3.69. The molecule has 6 nitrogen and oxygen atoms in total. The maximum Gasteiger partial charge on any atom is 0.364 e. The zero-order chi connectivity index (χ0) is 11.8. The number of halogens is 1. The average molecular weight is 298 g/mol. The number of anilines is 1. The van der Waals surface area contributed by atoms with Crippen molar-refractivity contribution in [3.63, 3.8) is 0 Å². The van der Waals surface area contributed by atoms with Crippen LogP contribution in [0, 0.1) is 0 Å². The highest BCUT2D eigenvalue weighted by atomic mass is 79.9. The number of hydrogen-bond acceptors (Lipinski definition) is 4. The molecule has 1 atom stereocenters. The zero-order valence-electron chi connectivity index (χ0n) is 9.14. The molecule has 1 unspecified atom stereocenters. The van der Waals surface area contributed by atoms with E-state index in [1.165, 1.54) is 10.9 Å². The molecule has 0 bridgehead atoms. The van der Waals surface area contributed by atoms with Crippen LogP contribution < -0.4 is 10.6 Å². The summed E-state index contributed by atoms with van der Waals surface area (Å²) in [5, 5.41) is 10.5. The molecule has 90 valence electrons. The first-order valence-corrected chi connectivity index (χ1v) is 6.49.